The molecule has 6 heteroatoms. The summed E-state index contributed by atoms with van der Waals surface area (Å²) >= 11 is 0. The van der Waals surface area contributed by atoms with Gasteiger partial charge in [0.1, 0.15) is 5.75 Å². The van der Waals surface area contributed by atoms with Crippen LogP contribution >= 0.6 is 0 Å². The molecule has 1 aromatic rings. The van der Waals surface area contributed by atoms with E-state index < -0.39 is 0 Å². The molecule has 0 spiro atoms. The summed E-state index contributed by atoms with van der Waals surface area (Å²) in [6.45, 7) is 4.58. The van der Waals surface area contributed by atoms with E-state index in [1.165, 1.54) is 11.8 Å². The molecule has 0 fully saturated rings. The van der Waals surface area contributed by atoms with Crippen LogP contribution in [0.15, 0.2) is 24.3 Å². The Hall–Kier alpha value is -2.08. The van der Waals surface area contributed by atoms with Crippen molar-refractivity contribution in [2.24, 2.45) is 0 Å². The number of methoxy groups -OCH3 is 1. The Bertz CT molecular complexity index is 476. The Labute approximate surface area is 125 Å². The van der Waals surface area contributed by atoms with Gasteiger partial charge in [-0.25, -0.2) is 0 Å². The normalized spacial score (nSPS) is 10.0. The lowest BCUT2D eigenvalue weighted by atomic mass is 10.3. The minimum atomic E-state index is -0.270. The van der Waals surface area contributed by atoms with Gasteiger partial charge in [-0.2, -0.15) is 0 Å². The zero-order valence-corrected chi connectivity index (χ0v) is 12.7. The Morgan fingerprint density at radius 3 is 2.62 bits per heavy atom. The predicted octanol–water partition coefficient (Wildman–Crippen LogP) is 1.52. The van der Waals surface area contributed by atoms with Crippen molar-refractivity contribution in [1.82, 2.24) is 4.90 Å². The van der Waals surface area contributed by atoms with Crippen molar-refractivity contribution >= 4 is 17.5 Å². The Morgan fingerprint density at radius 2 is 2.00 bits per heavy atom. The maximum Gasteiger partial charge on any atom is 0.244 e. The molecule has 2 amide bonds. The summed E-state index contributed by atoms with van der Waals surface area (Å²) < 4.78 is 10.4. The lowest BCUT2D eigenvalue weighted by Gasteiger charge is -2.20. The molecule has 0 aliphatic carbocycles. The van der Waals surface area contributed by atoms with E-state index >= 15 is 0 Å². The van der Waals surface area contributed by atoms with Gasteiger partial charge in [-0.1, -0.05) is 12.1 Å². The molecule has 0 atom stereocenters. The van der Waals surface area contributed by atoms with E-state index in [-0.39, 0.29) is 18.4 Å². The molecule has 0 aliphatic heterocycles. The molecule has 0 aliphatic rings. The van der Waals surface area contributed by atoms with Crippen LogP contribution in [0.2, 0.25) is 0 Å². The number of hydrogen-bond donors (Lipinski definition) is 1. The zero-order valence-electron chi connectivity index (χ0n) is 12.7. The predicted molar refractivity (Wildman–Crippen MR) is 80.4 cm³/mol. The fourth-order valence-corrected chi connectivity index (χ4v) is 1.76. The number of nitrogens with one attached hydrogen (secondary N) is 1. The molecule has 1 aromatic carbocycles. The molecule has 116 valence electrons. The number of carbonyl (C=O) groups is 2. The third kappa shape index (κ3) is 5.83. The van der Waals surface area contributed by atoms with E-state index in [2.05, 4.69) is 5.32 Å². The molecule has 21 heavy (non-hydrogen) atoms. The van der Waals surface area contributed by atoms with Crippen molar-refractivity contribution in [2.45, 2.75) is 13.8 Å². The third-order valence-corrected chi connectivity index (χ3v) is 2.81. The highest BCUT2D eigenvalue weighted by molar-refractivity contribution is 5.95. The Balaban J connectivity index is 2.65. The monoisotopic (exact) mass is 294 g/mol. The first-order valence-corrected chi connectivity index (χ1v) is 6.84. The maximum atomic E-state index is 12.0. The number of para-hydroxylation sites is 2. The van der Waals surface area contributed by atoms with Gasteiger partial charge in [0.2, 0.25) is 11.8 Å². The number of benzene rings is 1. The standard InChI is InChI=1S/C15H22N2O4/c1-4-21-14-8-6-5-7-13(14)16-15(19)11-17(12(2)18)9-10-20-3/h5-8H,4,9-11H2,1-3H3,(H,16,19). The van der Waals surface area contributed by atoms with Crippen LogP contribution in [0.5, 0.6) is 5.75 Å². The van der Waals surface area contributed by atoms with Gasteiger partial charge in [0, 0.05) is 20.6 Å². The van der Waals surface area contributed by atoms with Crippen LogP contribution in [0, 0.1) is 0 Å². The summed E-state index contributed by atoms with van der Waals surface area (Å²) in [5, 5.41) is 2.76. The molecule has 1 rings (SSSR count). The van der Waals surface area contributed by atoms with Gasteiger partial charge < -0.3 is 19.7 Å². The van der Waals surface area contributed by atoms with Crippen molar-refractivity contribution in [3.05, 3.63) is 24.3 Å². The second-order valence-corrected chi connectivity index (χ2v) is 4.41. The van der Waals surface area contributed by atoms with Crippen LogP contribution in [0.1, 0.15) is 13.8 Å². The highest BCUT2D eigenvalue weighted by atomic mass is 16.5. The summed E-state index contributed by atoms with van der Waals surface area (Å²) in [5.41, 5.74) is 0.597. The van der Waals surface area contributed by atoms with E-state index in [1.807, 2.05) is 19.1 Å². The molecule has 0 unspecified atom stereocenters. The van der Waals surface area contributed by atoms with Crippen LogP contribution in [-0.2, 0) is 14.3 Å². The average Bonchev–Trinajstić information content (AvgIpc) is 2.45. The molecule has 0 bridgehead atoms. The minimum Gasteiger partial charge on any atom is -0.492 e. The van der Waals surface area contributed by atoms with Crippen molar-refractivity contribution in [1.29, 1.82) is 0 Å². The highest BCUT2D eigenvalue weighted by Gasteiger charge is 2.14. The number of amides is 2. The second-order valence-electron chi connectivity index (χ2n) is 4.41. The number of hydrogen-bond acceptors (Lipinski definition) is 4. The van der Waals surface area contributed by atoms with Crippen molar-refractivity contribution < 1.29 is 19.1 Å². The minimum absolute atomic E-state index is 0.0147. The summed E-state index contributed by atoms with van der Waals surface area (Å²) in [6.07, 6.45) is 0. The average molecular weight is 294 g/mol. The van der Waals surface area contributed by atoms with E-state index in [0.717, 1.165) is 0 Å². The first-order valence-electron chi connectivity index (χ1n) is 6.84. The molecular formula is C15H22N2O4. The highest BCUT2D eigenvalue weighted by Crippen LogP contribution is 2.23. The molecule has 0 radical (unpaired) electrons. The van der Waals surface area contributed by atoms with Gasteiger partial charge >= 0.3 is 0 Å². The first-order chi connectivity index (χ1) is 10.1. The zero-order chi connectivity index (χ0) is 15.7. The van der Waals surface area contributed by atoms with E-state index in [1.54, 1.807) is 19.2 Å². The fourth-order valence-electron chi connectivity index (χ4n) is 1.76. The van der Waals surface area contributed by atoms with Gasteiger partial charge in [0.15, 0.2) is 0 Å². The quantitative estimate of drug-likeness (QED) is 0.789. The fraction of sp³-hybridized carbons (Fsp3) is 0.467. The molecular weight excluding hydrogens is 272 g/mol. The van der Waals surface area contributed by atoms with Gasteiger partial charge in [0.05, 0.1) is 25.4 Å². The van der Waals surface area contributed by atoms with Gasteiger partial charge in [-0.15, -0.1) is 0 Å². The maximum absolute atomic E-state index is 12.0. The van der Waals surface area contributed by atoms with Crippen molar-refractivity contribution in [3.8, 4) is 5.75 Å². The topological polar surface area (TPSA) is 67.9 Å². The van der Waals surface area contributed by atoms with Gasteiger partial charge in [-0.05, 0) is 19.1 Å². The molecule has 1 N–H and O–H groups in total. The van der Waals surface area contributed by atoms with Crippen LogP contribution in [-0.4, -0.2) is 50.1 Å². The number of carbonyl (C=O) groups excluding carboxylic acids is 2. The lowest BCUT2D eigenvalue weighted by molar-refractivity contribution is -0.133. The summed E-state index contributed by atoms with van der Waals surface area (Å²) in [4.78, 5) is 25.0. The van der Waals surface area contributed by atoms with Gasteiger partial charge in [0.25, 0.3) is 0 Å². The van der Waals surface area contributed by atoms with Crippen LogP contribution < -0.4 is 10.1 Å². The van der Waals surface area contributed by atoms with Crippen molar-refractivity contribution in [2.75, 3.05) is 38.7 Å². The summed E-state index contributed by atoms with van der Waals surface area (Å²) in [5.74, 6) is 0.174. The lowest BCUT2D eigenvalue weighted by Crippen LogP contribution is -2.38. The number of anilines is 1. The van der Waals surface area contributed by atoms with Gasteiger partial charge in [-0.3, -0.25) is 9.59 Å². The smallest absolute Gasteiger partial charge is 0.244 e. The first kappa shape index (κ1) is 17.0. The third-order valence-electron chi connectivity index (χ3n) is 2.81. The molecule has 0 heterocycles. The van der Waals surface area contributed by atoms with E-state index in [4.69, 9.17) is 9.47 Å². The Morgan fingerprint density at radius 1 is 1.29 bits per heavy atom. The largest absolute Gasteiger partial charge is 0.492 e. The second kappa shape index (κ2) is 8.97. The summed E-state index contributed by atoms with van der Waals surface area (Å²) in [7, 11) is 1.55. The number of rotatable bonds is 8. The van der Waals surface area contributed by atoms with Crippen molar-refractivity contribution in [3.63, 3.8) is 0 Å². The van der Waals surface area contributed by atoms with E-state index in [0.29, 0.717) is 31.2 Å². The number of ether oxygens (including phenoxy) is 2. The molecule has 6 nitrogen and oxygen atoms in total. The Kier molecular flexibility index (Phi) is 7.25. The number of nitrogens with zero attached hydrogens (tertiary/aromatic N) is 1. The van der Waals surface area contributed by atoms with Crippen LogP contribution in [0.3, 0.4) is 0 Å². The SMILES string of the molecule is CCOc1ccccc1NC(=O)CN(CCOC)C(C)=O. The molecule has 0 saturated carbocycles. The van der Waals surface area contributed by atoms with E-state index in [9.17, 15) is 9.59 Å². The van der Waals surface area contributed by atoms with Crippen LogP contribution in [0.25, 0.3) is 0 Å². The summed E-state index contributed by atoms with van der Waals surface area (Å²) in [6, 6.07) is 7.19. The molecule has 0 saturated heterocycles. The molecule has 0 aromatic heterocycles. The van der Waals surface area contributed by atoms with Crippen LogP contribution in [0.4, 0.5) is 5.69 Å².